The average Bonchev–Trinajstić information content (AvgIpc) is 2.47. The molecule has 1 fully saturated rings. The van der Waals surface area contributed by atoms with Gasteiger partial charge in [-0.15, -0.1) is 0 Å². The molecule has 0 bridgehead atoms. The molecule has 1 aliphatic carbocycles. The lowest BCUT2D eigenvalue weighted by atomic mass is 9.83. The molecular formula is C18H21ClN2O3. The van der Waals surface area contributed by atoms with Crippen molar-refractivity contribution in [1.82, 2.24) is 5.32 Å². The normalized spacial score (nSPS) is 18.3. The maximum atomic E-state index is 12.3. The number of ketones is 2. The van der Waals surface area contributed by atoms with E-state index in [4.69, 9.17) is 11.6 Å². The Kier molecular flexibility index (Phi) is 5.44. The van der Waals surface area contributed by atoms with Crippen LogP contribution in [-0.2, 0) is 14.4 Å². The zero-order valence-electron chi connectivity index (χ0n) is 14.0. The first-order valence-electron chi connectivity index (χ1n) is 7.76. The van der Waals surface area contributed by atoms with Crippen molar-refractivity contribution in [2.75, 3.05) is 5.32 Å². The molecule has 0 unspecified atom stereocenters. The predicted molar refractivity (Wildman–Crippen MR) is 93.8 cm³/mol. The quantitative estimate of drug-likeness (QED) is 0.650. The highest BCUT2D eigenvalue weighted by Gasteiger charge is 2.34. The molecule has 1 saturated carbocycles. The Morgan fingerprint density at radius 2 is 1.67 bits per heavy atom. The van der Waals surface area contributed by atoms with E-state index < -0.39 is 5.92 Å². The molecule has 24 heavy (non-hydrogen) atoms. The molecule has 0 atom stereocenters. The number of hydrogen-bond acceptors (Lipinski definition) is 4. The van der Waals surface area contributed by atoms with Gasteiger partial charge in [0.2, 0.25) is 5.91 Å². The molecule has 0 saturated heterocycles. The molecule has 2 rings (SSSR count). The molecular weight excluding hydrogens is 328 g/mol. The Labute approximate surface area is 146 Å². The third-order valence-electron chi connectivity index (χ3n) is 3.60. The van der Waals surface area contributed by atoms with Gasteiger partial charge in [0.1, 0.15) is 0 Å². The number of benzene rings is 1. The molecule has 5 nitrogen and oxygen atoms in total. The molecule has 1 aliphatic rings. The van der Waals surface area contributed by atoms with Gasteiger partial charge >= 0.3 is 0 Å². The van der Waals surface area contributed by atoms with E-state index in [0.29, 0.717) is 10.7 Å². The molecule has 2 N–H and O–H groups in total. The fraction of sp³-hybridized carbons (Fsp3) is 0.389. The lowest BCUT2D eigenvalue weighted by Crippen LogP contribution is -2.37. The molecule has 0 aliphatic heterocycles. The van der Waals surface area contributed by atoms with E-state index in [2.05, 4.69) is 10.6 Å². The molecule has 0 aromatic heterocycles. The van der Waals surface area contributed by atoms with Gasteiger partial charge in [-0.25, -0.2) is 0 Å². The molecule has 0 spiro atoms. The Morgan fingerprint density at radius 1 is 1.12 bits per heavy atom. The number of amides is 1. The lowest BCUT2D eigenvalue weighted by molar-refractivity contribution is -0.131. The van der Waals surface area contributed by atoms with Crippen LogP contribution in [0, 0.1) is 5.92 Å². The van der Waals surface area contributed by atoms with Gasteiger partial charge in [-0.2, -0.15) is 0 Å². The Balaban J connectivity index is 2.02. The van der Waals surface area contributed by atoms with Crippen LogP contribution in [0.25, 0.3) is 0 Å². The van der Waals surface area contributed by atoms with Crippen molar-refractivity contribution < 1.29 is 14.4 Å². The van der Waals surface area contributed by atoms with Crippen molar-refractivity contribution in [3.63, 3.8) is 0 Å². The van der Waals surface area contributed by atoms with Crippen molar-refractivity contribution in [1.29, 1.82) is 0 Å². The van der Waals surface area contributed by atoms with Gasteiger partial charge < -0.3 is 10.6 Å². The van der Waals surface area contributed by atoms with Gasteiger partial charge in [-0.1, -0.05) is 11.6 Å². The van der Waals surface area contributed by atoms with Crippen LogP contribution in [-0.4, -0.2) is 23.0 Å². The third kappa shape index (κ3) is 4.93. The van der Waals surface area contributed by atoms with Crippen molar-refractivity contribution in [3.8, 4) is 0 Å². The summed E-state index contributed by atoms with van der Waals surface area (Å²) in [5.41, 5.74) is 0.483. The minimum absolute atomic E-state index is 0.0306. The highest BCUT2D eigenvalue weighted by Crippen LogP contribution is 2.24. The van der Waals surface area contributed by atoms with E-state index in [1.165, 1.54) is 6.20 Å². The van der Waals surface area contributed by atoms with E-state index in [0.717, 1.165) is 0 Å². The molecule has 6 heteroatoms. The van der Waals surface area contributed by atoms with Gasteiger partial charge in [0.05, 0.1) is 11.5 Å². The van der Waals surface area contributed by atoms with Crippen molar-refractivity contribution in [2.45, 2.75) is 39.2 Å². The number of halogens is 1. The zero-order chi connectivity index (χ0) is 17.9. The van der Waals surface area contributed by atoms with Crippen LogP contribution < -0.4 is 10.6 Å². The molecule has 0 radical (unpaired) electrons. The first-order valence-corrected chi connectivity index (χ1v) is 8.14. The smallest absolute Gasteiger partial charge is 0.228 e. The summed E-state index contributed by atoms with van der Waals surface area (Å²) >= 11 is 5.80. The highest BCUT2D eigenvalue weighted by molar-refractivity contribution is 6.30. The number of anilines is 1. The minimum Gasteiger partial charge on any atom is -0.386 e. The van der Waals surface area contributed by atoms with E-state index in [-0.39, 0.29) is 41.4 Å². The van der Waals surface area contributed by atoms with E-state index >= 15 is 0 Å². The SMILES string of the molecule is CC(C)(C)NC=C1C(=O)CC(C(=O)Nc2ccc(Cl)cc2)CC1=O. The van der Waals surface area contributed by atoms with Crippen LogP contribution in [0.3, 0.4) is 0 Å². The maximum absolute atomic E-state index is 12.3. The van der Waals surface area contributed by atoms with Crippen LogP contribution in [0.1, 0.15) is 33.6 Å². The summed E-state index contributed by atoms with van der Waals surface area (Å²) in [5, 5.41) is 6.31. The summed E-state index contributed by atoms with van der Waals surface area (Å²) in [6.45, 7) is 5.80. The summed E-state index contributed by atoms with van der Waals surface area (Å²) in [7, 11) is 0. The lowest BCUT2D eigenvalue weighted by Gasteiger charge is -2.24. The second kappa shape index (κ2) is 7.18. The largest absolute Gasteiger partial charge is 0.386 e. The number of carbonyl (C=O) groups excluding carboxylic acids is 3. The summed E-state index contributed by atoms with van der Waals surface area (Å²) in [5.74, 6) is -1.59. The second-order valence-electron chi connectivity index (χ2n) is 6.90. The van der Waals surface area contributed by atoms with Gasteiger partial charge in [-0.05, 0) is 45.0 Å². The summed E-state index contributed by atoms with van der Waals surface area (Å²) in [6.07, 6.45) is 1.53. The highest BCUT2D eigenvalue weighted by atomic mass is 35.5. The fourth-order valence-electron chi connectivity index (χ4n) is 2.31. The van der Waals surface area contributed by atoms with Gasteiger partial charge in [0.15, 0.2) is 11.6 Å². The predicted octanol–water partition coefficient (Wildman–Crippen LogP) is 3.10. The number of nitrogens with one attached hydrogen (secondary N) is 2. The molecule has 1 aromatic rings. The maximum Gasteiger partial charge on any atom is 0.228 e. The number of carbonyl (C=O) groups is 3. The van der Waals surface area contributed by atoms with Gasteiger partial charge in [0, 0.05) is 35.3 Å². The number of allylic oxidation sites excluding steroid dienone is 1. The van der Waals surface area contributed by atoms with Gasteiger partial charge in [0.25, 0.3) is 0 Å². The Morgan fingerprint density at radius 3 is 2.17 bits per heavy atom. The van der Waals surface area contributed by atoms with Gasteiger partial charge in [-0.3, -0.25) is 14.4 Å². The first kappa shape index (κ1) is 18.2. The summed E-state index contributed by atoms with van der Waals surface area (Å²) in [4.78, 5) is 36.7. The van der Waals surface area contributed by atoms with Crippen molar-refractivity contribution >= 4 is 34.8 Å². The third-order valence-corrected chi connectivity index (χ3v) is 3.85. The Bertz CT molecular complexity index is 667. The minimum atomic E-state index is -0.646. The molecule has 128 valence electrons. The van der Waals surface area contributed by atoms with Crippen LogP contribution >= 0.6 is 11.6 Å². The second-order valence-corrected chi connectivity index (χ2v) is 7.34. The Hall–Kier alpha value is -2.14. The number of hydrogen-bond donors (Lipinski definition) is 2. The average molecular weight is 349 g/mol. The molecule has 1 amide bonds. The first-order chi connectivity index (χ1) is 11.2. The molecule has 1 aromatic carbocycles. The van der Waals surface area contributed by atoms with Crippen LogP contribution in [0.4, 0.5) is 5.69 Å². The summed E-state index contributed by atoms with van der Waals surface area (Å²) in [6, 6.07) is 6.66. The van der Waals surface area contributed by atoms with Crippen molar-refractivity contribution in [3.05, 3.63) is 41.1 Å². The van der Waals surface area contributed by atoms with Crippen LogP contribution in [0.15, 0.2) is 36.0 Å². The monoisotopic (exact) mass is 348 g/mol. The topological polar surface area (TPSA) is 75.3 Å². The number of rotatable bonds is 3. The number of Topliss-reactive ketones (excluding diaryl/α,β-unsaturated/α-hetero) is 2. The standard InChI is InChI=1S/C18H21ClN2O3/c1-18(2,3)20-10-14-15(22)8-11(9-16(14)23)17(24)21-13-6-4-12(19)5-7-13/h4-7,10-11,20H,8-9H2,1-3H3,(H,21,24). The summed E-state index contributed by atoms with van der Waals surface area (Å²) < 4.78 is 0. The molecule has 0 heterocycles. The van der Waals surface area contributed by atoms with E-state index in [9.17, 15) is 14.4 Å². The van der Waals surface area contributed by atoms with E-state index in [1.54, 1.807) is 24.3 Å². The zero-order valence-corrected chi connectivity index (χ0v) is 14.7. The van der Waals surface area contributed by atoms with Crippen molar-refractivity contribution in [2.24, 2.45) is 5.92 Å². The fourth-order valence-corrected chi connectivity index (χ4v) is 2.43. The van der Waals surface area contributed by atoms with Crippen LogP contribution in [0.5, 0.6) is 0 Å². The van der Waals surface area contributed by atoms with E-state index in [1.807, 2.05) is 20.8 Å². The van der Waals surface area contributed by atoms with Crippen LogP contribution in [0.2, 0.25) is 5.02 Å².